The molecule has 17 heavy (non-hydrogen) atoms. The minimum absolute atomic E-state index is 0.0470. The normalized spacial score (nSPS) is 13.6. The SMILES string of the molecule is C[C@@H](CS(=O)(=O)CCCO)c1ccccc1Br. The summed E-state index contributed by atoms with van der Waals surface area (Å²) in [6.45, 7) is 1.82. The lowest BCUT2D eigenvalue weighted by Gasteiger charge is -2.13. The van der Waals surface area contributed by atoms with Crippen LogP contribution in [-0.4, -0.2) is 31.6 Å². The Kier molecular flexibility index (Phi) is 5.62. The van der Waals surface area contributed by atoms with Gasteiger partial charge in [-0.3, -0.25) is 0 Å². The fourth-order valence-corrected chi connectivity index (χ4v) is 4.07. The molecule has 5 heteroatoms. The summed E-state index contributed by atoms with van der Waals surface area (Å²) in [6, 6.07) is 7.64. The monoisotopic (exact) mass is 320 g/mol. The van der Waals surface area contributed by atoms with Crippen LogP contribution in [0.5, 0.6) is 0 Å². The maximum absolute atomic E-state index is 11.8. The topological polar surface area (TPSA) is 54.4 Å². The summed E-state index contributed by atoms with van der Waals surface area (Å²) in [6.07, 6.45) is 0.311. The molecule has 0 aromatic heterocycles. The van der Waals surface area contributed by atoms with E-state index in [9.17, 15) is 8.42 Å². The highest BCUT2D eigenvalue weighted by molar-refractivity contribution is 9.10. The van der Waals surface area contributed by atoms with Crippen LogP contribution in [0.15, 0.2) is 28.7 Å². The molecule has 1 rings (SSSR count). The van der Waals surface area contributed by atoms with E-state index in [-0.39, 0.29) is 24.0 Å². The number of sulfone groups is 1. The van der Waals surface area contributed by atoms with Crippen LogP contribution in [0.4, 0.5) is 0 Å². The molecule has 0 aliphatic carbocycles. The zero-order chi connectivity index (χ0) is 12.9. The number of aliphatic hydroxyl groups is 1. The first kappa shape index (κ1) is 14.7. The smallest absolute Gasteiger partial charge is 0.150 e. The molecule has 1 N–H and O–H groups in total. The minimum Gasteiger partial charge on any atom is -0.396 e. The third kappa shape index (κ3) is 4.77. The van der Waals surface area contributed by atoms with Gasteiger partial charge in [-0.25, -0.2) is 8.42 Å². The molecule has 0 spiro atoms. The summed E-state index contributed by atoms with van der Waals surface area (Å²) in [4.78, 5) is 0. The second-order valence-corrected chi connectivity index (χ2v) is 7.20. The number of aliphatic hydroxyl groups excluding tert-OH is 1. The lowest BCUT2D eigenvalue weighted by molar-refractivity contribution is 0.295. The Labute approximate surface area is 111 Å². The number of benzene rings is 1. The number of hydrogen-bond acceptors (Lipinski definition) is 3. The van der Waals surface area contributed by atoms with Gasteiger partial charge in [0.1, 0.15) is 0 Å². The fraction of sp³-hybridized carbons (Fsp3) is 0.500. The summed E-state index contributed by atoms with van der Waals surface area (Å²) >= 11 is 3.42. The van der Waals surface area contributed by atoms with Crippen LogP contribution >= 0.6 is 15.9 Å². The largest absolute Gasteiger partial charge is 0.396 e. The van der Waals surface area contributed by atoms with Crippen LogP contribution in [0, 0.1) is 0 Å². The summed E-state index contributed by atoms with van der Waals surface area (Å²) in [5.41, 5.74) is 1.00. The first-order valence-electron chi connectivity index (χ1n) is 5.52. The van der Waals surface area contributed by atoms with Gasteiger partial charge in [0.05, 0.1) is 11.5 Å². The molecule has 0 heterocycles. The van der Waals surface area contributed by atoms with E-state index in [0.29, 0.717) is 6.42 Å². The van der Waals surface area contributed by atoms with Crippen LogP contribution in [0.25, 0.3) is 0 Å². The highest BCUT2D eigenvalue weighted by Crippen LogP contribution is 2.25. The molecular weight excluding hydrogens is 304 g/mol. The van der Waals surface area contributed by atoms with Crippen molar-refractivity contribution in [1.82, 2.24) is 0 Å². The summed E-state index contributed by atoms with van der Waals surface area (Å²) < 4.78 is 24.5. The Morgan fingerprint density at radius 2 is 2.00 bits per heavy atom. The highest BCUT2D eigenvalue weighted by Gasteiger charge is 2.18. The van der Waals surface area contributed by atoms with Crippen LogP contribution < -0.4 is 0 Å². The quantitative estimate of drug-likeness (QED) is 0.875. The first-order chi connectivity index (χ1) is 7.96. The second-order valence-electron chi connectivity index (χ2n) is 4.11. The van der Waals surface area contributed by atoms with Gasteiger partial charge in [-0.1, -0.05) is 41.1 Å². The molecule has 1 atom stereocenters. The molecular formula is C12H17BrO3S. The molecule has 0 unspecified atom stereocenters. The predicted molar refractivity (Wildman–Crippen MR) is 72.9 cm³/mol. The van der Waals surface area contributed by atoms with Crippen LogP contribution in [0.3, 0.4) is 0 Å². The summed E-state index contributed by atoms with van der Waals surface area (Å²) in [5, 5.41) is 8.65. The molecule has 0 saturated heterocycles. The Morgan fingerprint density at radius 3 is 2.59 bits per heavy atom. The van der Waals surface area contributed by atoms with E-state index in [4.69, 9.17) is 5.11 Å². The summed E-state index contributed by atoms with van der Waals surface area (Å²) in [5.74, 6) is 0.128. The molecule has 0 bridgehead atoms. The van der Waals surface area contributed by atoms with Crippen molar-refractivity contribution in [1.29, 1.82) is 0 Å². The third-order valence-electron chi connectivity index (χ3n) is 2.55. The van der Waals surface area contributed by atoms with Gasteiger partial charge in [0.25, 0.3) is 0 Å². The van der Waals surface area contributed by atoms with Crippen LogP contribution in [0.2, 0.25) is 0 Å². The van der Waals surface area contributed by atoms with Crippen LogP contribution in [0.1, 0.15) is 24.8 Å². The standard InChI is InChI=1S/C12H17BrO3S/c1-10(9-17(15,16)8-4-7-14)11-5-2-3-6-12(11)13/h2-3,5-6,10,14H,4,7-9H2,1H3/t10-/m0/s1. The van der Waals surface area contributed by atoms with Crippen molar-refractivity contribution in [2.45, 2.75) is 19.3 Å². The average Bonchev–Trinajstić information content (AvgIpc) is 2.26. The second kappa shape index (κ2) is 6.52. The van der Waals surface area contributed by atoms with E-state index in [1.807, 2.05) is 31.2 Å². The van der Waals surface area contributed by atoms with Gasteiger partial charge in [-0.2, -0.15) is 0 Å². The lowest BCUT2D eigenvalue weighted by Crippen LogP contribution is -2.17. The van der Waals surface area contributed by atoms with Gasteiger partial charge in [0.2, 0.25) is 0 Å². The molecule has 0 amide bonds. The van der Waals surface area contributed by atoms with E-state index in [2.05, 4.69) is 15.9 Å². The van der Waals surface area contributed by atoms with E-state index in [0.717, 1.165) is 10.0 Å². The van der Waals surface area contributed by atoms with Crippen molar-refractivity contribution in [2.24, 2.45) is 0 Å². The molecule has 0 aliphatic rings. The van der Waals surface area contributed by atoms with Crippen molar-refractivity contribution in [3.63, 3.8) is 0 Å². The molecule has 1 aromatic rings. The van der Waals surface area contributed by atoms with Gasteiger partial charge in [0.15, 0.2) is 9.84 Å². The van der Waals surface area contributed by atoms with Gasteiger partial charge in [-0.15, -0.1) is 0 Å². The fourth-order valence-electron chi connectivity index (χ4n) is 1.71. The van der Waals surface area contributed by atoms with Gasteiger partial charge < -0.3 is 5.11 Å². The maximum Gasteiger partial charge on any atom is 0.150 e. The van der Waals surface area contributed by atoms with Gasteiger partial charge in [-0.05, 0) is 24.0 Å². The summed E-state index contributed by atoms with van der Waals surface area (Å²) in [7, 11) is -3.09. The van der Waals surface area contributed by atoms with Crippen molar-refractivity contribution in [3.05, 3.63) is 34.3 Å². The van der Waals surface area contributed by atoms with Crippen molar-refractivity contribution >= 4 is 25.8 Å². The first-order valence-corrected chi connectivity index (χ1v) is 8.13. The van der Waals surface area contributed by atoms with Crippen molar-refractivity contribution in [2.75, 3.05) is 18.1 Å². The molecule has 0 fully saturated rings. The number of halogens is 1. The van der Waals surface area contributed by atoms with Crippen LogP contribution in [-0.2, 0) is 9.84 Å². The maximum atomic E-state index is 11.8. The molecule has 0 saturated carbocycles. The Balaban J connectivity index is 2.73. The van der Waals surface area contributed by atoms with Crippen molar-refractivity contribution in [3.8, 4) is 0 Å². The Hall–Kier alpha value is -0.390. The Morgan fingerprint density at radius 1 is 1.35 bits per heavy atom. The predicted octanol–water partition coefficient (Wildman–Crippen LogP) is 2.35. The number of rotatable bonds is 6. The average molecular weight is 321 g/mol. The zero-order valence-corrected chi connectivity index (χ0v) is 12.2. The lowest BCUT2D eigenvalue weighted by atomic mass is 10.0. The van der Waals surface area contributed by atoms with E-state index >= 15 is 0 Å². The Bertz CT molecular complexity index is 457. The number of hydrogen-bond donors (Lipinski definition) is 1. The van der Waals surface area contributed by atoms with Gasteiger partial charge in [0, 0.05) is 11.1 Å². The molecule has 0 aliphatic heterocycles. The highest BCUT2D eigenvalue weighted by atomic mass is 79.9. The molecule has 0 radical (unpaired) electrons. The molecule has 1 aromatic carbocycles. The molecule has 96 valence electrons. The van der Waals surface area contributed by atoms with E-state index in [1.54, 1.807) is 0 Å². The van der Waals surface area contributed by atoms with Gasteiger partial charge >= 0.3 is 0 Å². The molecule has 3 nitrogen and oxygen atoms in total. The minimum atomic E-state index is -3.09. The van der Waals surface area contributed by atoms with E-state index in [1.165, 1.54) is 0 Å². The third-order valence-corrected chi connectivity index (χ3v) is 5.19. The van der Waals surface area contributed by atoms with E-state index < -0.39 is 9.84 Å². The zero-order valence-electron chi connectivity index (χ0n) is 9.77. The van der Waals surface area contributed by atoms with Crippen molar-refractivity contribution < 1.29 is 13.5 Å².